The molecule has 154 valence electrons. The van der Waals surface area contributed by atoms with Gasteiger partial charge in [0, 0.05) is 24.7 Å². The quantitative estimate of drug-likeness (QED) is 0.588. The number of likely N-dealkylation sites (N-methyl/N-ethyl adjacent to an activating group) is 1. The molecule has 0 unspecified atom stereocenters. The number of aromatic nitrogens is 1. The Labute approximate surface area is 175 Å². The van der Waals surface area contributed by atoms with E-state index in [4.69, 9.17) is 14.5 Å². The summed E-state index contributed by atoms with van der Waals surface area (Å²) < 4.78 is 10.7. The van der Waals surface area contributed by atoms with Crippen molar-refractivity contribution >= 4 is 22.8 Å². The summed E-state index contributed by atoms with van der Waals surface area (Å²) in [5.41, 5.74) is 4.19. The summed E-state index contributed by atoms with van der Waals surface area (Å²) in [5.74, 6) is 0.00857. The molecule has 6 heteroatoms. The first-order valence-electron chi connectivity index (χ1n) is 10.0. The normalized spacial score (nSPS) is 12.5. The molecule has 4 rings (SSSR count). The van der Waals surface area contributed by atoms with Crippen LogP contribution in [0.3, 0.4) is 0 Å². The number of ether oxygens (including phenoxy) is 2. The van der Waals surface area contributed by atoms with E-state index < -0.39 is 5.97 Å². The number of hydrogen-bond acceptors (Lipinski definition) is 5. The van der Waals surface area contributed by atoms with Crippen LogP contribution in [-0.2, 0) is 28.9 Å². The number of fused-ring (bicyclic) bond motifs is 2. The number of para-hydroxylation sites is 1. The van der Waals surface area contributed by atoms with Gasteiger partial charge in [-0.2, -0.15) is 0 Å². The highest BCUT2D eigenvalue weighted by atomic mass is 16.5. The summed E-state index contributed by atoms with van der Waals surface area (Å²) in [7, 11) is 3.29. The number of hydrogen-bond donors (Lipinski definition) is 0. The van der Waals surface area contributed by atoms with Crippen molar-refractivity contribution in [3.05, 3.63) is 70.9 Å². The average molecular weight is 404 g/mol. The van der Waals surface area contributed by atoms with Gasteiger partial charge >= 0.3 is 5.97 Å². The van der Waals surface area contributed by atoms with Gasteiger partial charge in [-0.3, -0.25) is 9.78 Å². The smallest absolute Gasteiger partial charge is 0.339 e. The predicted molar refractivity (Wildman–Crippen MR) is 114 cm³/mol. The molecule has 0 fully saturated rings. The van der Waals surface area contributed by atoms with E-state index in [-0.39, 0.29) is 12.5 Å². The zero-order valence-electron chi connectivity index (χ0n) is 17.2. The molecule has 0 N–H and O–H groups in total. The topological polar surface area (TPSA) is 68.7 Å². The molecule has 0 saturated carbocycles. The molecule has 0 atom stereocenters. The van der Waals surface area contributed by atoms with Crippen molar-refractivity contribution in [3.63, 3.8) is 0 Å². The van der Waals surface area contributed by atoms with E-state index in [2.05, 4.69) is 0 Å². The van der Waals surface area contributed by atoms with E-state index >= 15 is 0 Å². The molecule has 0 aliphatic heterocycles. The summed E-state index contributed by atoms with van der Waals surface area (Å²) in [4.78, 5) is 31.7. The second kappa shape index (κ2) is 8.53. The van der Waals surface area contributed by atoms with Crippen molar-refractivity contribution in [2.75, 3.05) is 20.8 Å². The van der Waals surface area contributed by atoms with Gasteiger partial charge in [-0.05, 0) is 48.6 Å². The molecular formula is C24H24N2O4. The van der Waals surface area contributed by atoms with Gasteiger partial charge in [0.1, 0.15) is 5.75 Å². The van der Waals surface area contributed by atoms with Crippen molar-refractivity contribution in [1.82, 2.24) is 9.88 Å². The van der Waals surface area contributed by atoms with Crippen LogP contribution in [0.1, 0.15) is 33.6 Å². The van der Waals surface area contributed by atoms with Gasteiger partial charge in [-0.25, -0.2) is 4.79 Å². The van der Waals surface area contributed by atoms with Gasteiger partial charge in [0.25, 0.3) is 5.91 Å². The van der Waals surface area contributed by atoms with Crippen LogP contribution in [0.4, 0.5) is 0 Å². The highest BCUT2D eigenvalue weighted by molar-refractivity contribution is 6.05. The Morgan fingerprint density at radius 3 is 2.77 bits per heavy atom. The zero-order chi connectivity index (χ0) is 21.1. The van der Waals surface area contributed by atoms with E-state index in [0.717, 1.165) is 52.7 Å². The SMILES string of the molecule is COc1cccc(CN(C)C(=O)COC(=O)c2c3c(nc4ccccc24)CCC3)c1. The zero-order valence-corrected chi connectivity index (χ0v) is 17.2. The third-order valence-corrected chi connectivity index (χ3v) is 5.43. The maximum absolute atomic E-state index is 12.9. The number of nitrogens with zero attached hydrogens (tertiary/aromatic N) is 2. The highest BCUT2D eigenvalue weighted by Crippen LogP contribution is 2.30. The Morgan fingerprint density at radius 1 is 1.10 bits per heavy atom. The fourth-order valence-electron chi connectivity index (χ4n) is 3.89. The largest absolute Gasteiger partial charge is 0.497 e. The van der Waals surface area contributed by atoms with Crippen molar-refractivity contribution in [2.24, 2.45) is 0 Å². The number of pyridine rings is 1. The van der Waals surface area contributed by atoms with Gasteiger partial charge in [0.15, 0.2) is 6.61 Å². The molecule has 1 aromatic heterocycles. The van der Waals surface area contributed by atoms with Crippen molar-refractivity contribution in [1.29, 1.82) is 0 Å². The fourth-order valence-corrected chi connectivity index (χ4v) is 3.89. The molecule has 1 aliphatic carbocycles. The van der Waals surface area contributed by atoms with Crippen LogP contribution in [0.15, 0.2) is 48.5 Å². The maximum Gasteiger partial charge on any atom is 0.339 e. The molecule has 0 radical (unpaired) electrons. The average Bonchev–Trinajstić information content (AvgIpc) is 3.23. The Morgan fingerprint density at radius 2 is 1.93 bits per heavy atom. The number of carbonyl (C=O) groups excluding carboxylic acids is 2. The lowest BCUT2D eigenvalue weighted by Crippen LogP contribution is -2.31. The van der Waals surface area contributed by atoms with Crippen LogP contribution in [0.25, 0.3) is 10.9 Å². The van der Waals surface area contributed by atoms with Gasteiger partial charge < -0.3 is 14.4 Å². The number of methoxy groups -OCH3 is 1. The van der Waals surface area contributed by atoms with Gasteiger partial charge in [0.05, 0.1) is 18.2 Å². The predicted octanol–water partition coefficient (Wildman–Crippen LogP) is 3.55. The molecule has 1 amide bonds. The monoisotopic (exact) mass is 404 g/mol. The molecule has 0 spiro atoms. The lowest BCUT2D eigenvalue weighted by molar-refractivity contribution is -0.133. The van der Waals surface area contributed by atoms with Gasteiger partial charge in [-0.15, -0.1) is 0 Å². The van der Waals surface area contributed by atoms with Crippen molar-refractivity contribution in [2.45, 2.75) is 25.8 Å². The van der Waals surface area contributed by atoms with Gasteiger partial charge in [0.2, 0.25) is 0 Å². The fraction of sp³-hybridized carbons (Fsp3) is 0.292. The Bertz CT molecular complexity index is 1110. The molecule has 6 nitrogen and oxygen atoms in total. The van der Waals surface area contributed by atoms with Gasteiger partial charge in [-0.1, -0.05) is 30.3 Å². The molecule has 0 saturated heterocycles. The minimum atomic E-state index is -0.463. The molecule has 0 bridgehead atoms. The van der Waals surface area contributed by atoms with E-state index in [0.29, 0.717) is 12.1 Å². The lowest BCUT2D eigenvalue weighted by Gasteiger charge is -2.18. The Kier molecular flexibility index (Phi) is 5.65. The van der Waals surface area contributed by atoms with Crippen LogP contribution in [0, 0.1) is 0 Å². The first-order chi connectivity index (χ1) is 14.6. The van der Waals surface area contributed by atoms with Crippen molar-refractivity contribution in [3.8, 4) is 5.75 Å². The molecule has 3 aromatic rings. The summed E-state index contributed by atoms with van der Waals surface area (Å²) in [6.07, 6.45) is 2.64. The summed E-state index contributed by atoms with van der Waals surface area (Å²) in [5, 5.41) is 0.778. The number of esters is 1. The molecular weight excluding hydrogens is 380 g/mol. The van der Waals surface area contributed by atoms with Crippen LogP contribution in [0.5, 0.6) is 5.75 Å². The molecule has 1 heterocycles. The second-order valence-electron chi connectivity index (χ2n) is 7.46. The van der Waals surface area contributed by atoms with E-state index in [1.165, 1.54) is 4.90 Å². The number of rotatable bonds is 6. The van der Waals surface area contributed by atoms with Crippen LogP contribution in [0.2, 0.25) is 0 Å². The minimum absolute atomic E-state index is 0.263. The number of aryl methyl sites for hydroxylation is 1. The Balaban J connectivity index is 1.46. The summed E-state index contributed by atoms with van der Waals surface area (Å²) in [6.45, 7) is 0.103. The van der Waals surface area contributed by atoms with E-state index in [1.54, 1.807) is 14.2 Å². The molecule has 2 aromatic carbocycles. The number of carbonyl (C=O) groups is 2. The number of amides is 1. The third-order valence-electron chi connectivity index (χ3n) is 5.43. The number of benzene rings is 2. The third kappa shape index (κ3) is 3.99. The Hall–Kier alpha value is -3.41. The molecule has 1 aliphatic rings. The minimum Gasteiger partial charge on any atom is -0.497 e. The first kappa shape index (κ1) is 19.9. The van der Waals surface area contributed by atoms with E-state index in [9.17, 15) is 9.59 Å². The first-order valence-corrected chi connectivity index (χ1v) is 10.0. The van der Waals surface area contributed by atoms with Crippen LogP contribution < -0.4 is 4.74 Å². The maximum atomic E-state index is 12.9. The second-order valence-corrected chi connectivity index (χ2v) is 7.46. The standard InChI is InChI=1S/C24H24N2O4/c1-26(14-16-7-5-8-17(13-16)29-2)22(27)15-30-24(28)23-18-9-3-4-11-20(18)25-21-12-6-10-19(21)23/h3-5,7-9,11,13H,6,10,12,14-15H2,1-2H3. The molecule has 30 heavy (non-hydrogen) atoms. The van der Waals surface area contributed by atoms with Crippen LogP contribution in [-0.4, -0.2) is 42.5 Å². The lowest BCUT2D eigenvalue weighted by atomic mass is 10.0. The van der Waals surface area contributed by atoms with E-state index in [1.807, 2.05) is 48.5 Å². The van der Waals surface area contributed by atoms with Crippen molar-refractivity contribution < 1.29 is 19.1 Å². The summed E-state index contributed by atoms with van der Waals surface area (Å²) >= 11 is 0. The van der Waals surface area contributed by atoms with Crippen LogP contribution >= 0.6 is 0 Å². The summed E-state index contributed by atoms with van der Waals surface area (Å²) in [6, 6.07) is 15.1. The highest BCUT2D eigenvalue weighted by Gasteiger charge is 2.25.